The maximum absolute atomic E-state index is 15.2. The Balaban J connectivity index is 1.46. The SMILES string of the molecule is CC(=O)N[C@@H](CS)C(=O)N[C@@H](CCC(N)=O)C(=O)N[C@H](C(=O)N[C@@H](Cc1c[nH]c2ccccc12)C(=O)N[C@@H](CCC(N)=O)C(=O)N[C@@H](CS)C(=O)N[C@@H](Cc1ccc(O)cc1)C(=O)N[C@@H](Cc1c[nH]c2ccccc12)C(=O)N[C@@H](CCC(C)C)C(=O)N[C@@H](CCC(=O)O)C(=O)N[C@@H](CC(N)=O)C(=O)NCC(=O)N[C@@H](CCCNC(=N)N)C(N)=O)[C@@H](C)O. The number of aromatic nitrogens is 2. The van der Waals surface area contributed by atoms with Crippen molar-refractivity contribution in [3.05, 3.63) is 102 Å². The molecule has 2 heterocycles. The number of amides is 17. The van der Waals surface area contributed by atoms with E-state index >= 15 is 9.59 Å². The van der Waals surface area contributed by atoms with Crippen LogP contribution in [0.25, 0.3) is 21.8 Å². The van der Waals surface area contributed by atoms with Crippen LogP contribution in [0.3, 0.4) is 0 Å². The van der Waals surface area contributed by atoms with Crippen LogP contribution < -0.4 is 103 Å². The molecule has 0 bridgehead atoms. The van der Waals surface area contributed by atoms with Crippen LogP contribution in [-0.4, -0.2) is 241 Å². The third-order valence-electron chi connectivity index (χ3n) is 18.9. The number of carbonyl (C=O) groups excluding carboxylic acids is 17. The molecule has 0 radical (unpaired) electrons. The number of hydrogen-bond donors (Lipinski definition) is 27. The normalized spacial score (nSPS) is 14.3. The van der Waals surface area contributed by atoms with Gasteiger partial charge in [-0.1, -0.05) is 62.4 Å². The molecule has 5 rings (SSSR count). The van der Waals surface area contributed by atoms with Crippen LogP contribution in [0, 0.1) is 11.3 Å². The lowest BCUT2D eigenvalue weighted by Crippen LogP contribution is -2.62. The van der Waals surface area contributed by atoms with Crippen LogP contribution in [0.1, 0.15) is 115 Å². The number of carboxylic acids is 1. The van der Waals surface area contributed by atoms with Crippen LogP contribution in [0.4, 0.5) is 0 Å². The fraction of sp³-hybridized carbons (Fsp3) is 0.468. The monoisotopic (exact) mass is 1740 g/mol. The van der Waals surface area contributed by atoms with Crippen LogP contribution in [0.2, 0.25) is 0 Å². The fourth-order valence-corrected chi connectivity index (χ4v) is 13.0. The maximum atomic E-state index is 15.2. The van der Waals surface area contributed by atoms with Crippen molar-refractivity contribution in [3.63, 3.8) is 0 Å². The highest BCUT2D eigenvalue weighted by Gasteiger charge is 2.39. The van der Waals surface area contributed by atoms with Crippen LogP contribution >= 0.6 is 25.3 Å². The smallest absolute Gasteiger partial charge is 0.303 e. The lowest BCUT2D eigenvalue weighted by atomic mass is 9.99. The average Bonchev–Trinajstić information content (AvgIpc) is 1.66. The minimum Gasteiger partial charge on any atom is -0.508 e. The minimum atomic E-state index is -1.93. The molecule has 17 amide bonds. The van der Waals surface area contributed by atoms with Crippen LogP contribution in [0.5, 0.6) is 5.75 Å². The Morgan fingerprint density at radius 2 is 0.828 bits per heavy atom. The second-order valence-electron chi connectivity index (χ2n) is 29.2. The van der Waals surface area contributed by atoms with Gasteiger partial charge in [-0.3, -0.25) is 91.7 Å². The molecule has 43 nitrogen and oxygen atoms in total. The van der Waals surface area contributed by atoms with Crippen molar-refractivity contribution in [2.45, 2.75) is 196 Å². The quantitative estimate of drug-likeness (QED) is 0.00746. The molecule has 30 N–H and O–H groups in total. The Bertz CT molecular complexity index is 4580. The number of guanidine groups is 1. The number of para-hydroxylation sites is 2. The van der Waals surface area contributed by atoms with Gasteiger partial charge in [-0.2, -0.15) is 25.3 Å². The first-order chi connectivity index (χ1) is 57.7. The number of carboxylic acid groups (broad SMARTS) is 1. The highest BCUT2D eigenvalue weighted by Crippen LogP contribution is 2.23. The minimum absolute atomic E-state index is 0.0152. The number of aromatic amines is 2. The Morgan fingerprint density at radius 1 is 0.426 bits per heavy atom. The first-order valence-corrected chi connectivity index (χ1v) is 40.0. The van der Waals surface area contributed by atoms with E-state index in [9.17, 15) is 92.0 Å². The highest BCUT2D eigenvalue weighted by atomic mass is 32.1. The van der Waals surface area contributed by atoms with E-state index in [0.29, 0.717) is 38.5 Å². The van der Waals surface area contributed by atoms with Gasteiger partial charge in [0.05, 0.1) is 19.1 Å². The van der Waals surface area contributed by atoms with Gasteiger partial charge < -0.3 is 128 Å². The molecule has 0 saturated heterocycles. The van der Waals surface area contributed by atoms with Gasteiger partial charge in [0.15, 0.2) is 5.96 Å². The number of hydrogen-bond acceptors (Lipinski definition) is 23. The Morgan fingerprint density at radius 3 is 1.25 bits per heavy atom. The van der Waals surface area contributed by atoms with Crippen molar-refractivity contribution in [1.82, 2.24) is 84.4 Å². The van der Waals surface area contributed by atoms with E-state index < -0.39 is 249 Å². The molecule has 0 aliphatic carbocycles. The molecule has 0 fully saturated rings. The number of aliphatic hydroxyl groups is 1. The molecule has 45 heteroatoms. The number of phenols is 1. The van der Waals surface area contributed by atoms with E-state index in [4.69, 9.17) is 34.1 Å². The second kappa shape index (κ2) is 49.5. The van der Waals surface area contributed by atoms with E-state index in [1.807, 2.05) is 0 Å². The van der Waals surface area contributed by atoms with Gasteiger partial charge >= 0.3 is 5.97 Å². The molecule has 0 spiro atoms. The number of thiol groups is 2. The summed E-state index contributed by atoms with van der Waals surface area (Å²) < 4.78 is 0. The van der Waals surface area contributed by atoms with Gasteiger partial charge in [-0.25, -0.2) is 0 Å². The highest BCUT2D eigenvalue weighted by molar-refractivity contribution is 7.80. The summed E-state index contributed by atoms with van der Waals surface area (Å²) in [6.45, 7) is 5.09. The molecule has 5 aromatic rings. The largest absolute Gasteiger partial charge is 0.508 e. The zero-order valence-corrected chi connectivity index (χ0v) is 69.2. The number of fused-ring (bicyclic) bond motifs is 2. The van der Waals surface area contributed by atoms with Crippen molar-refractivity contribution >= 4 is 159 Å². The van der Waals surface area contributed by atoms with Crippen LogP contribution in [0.15, 0.2) is 85.2 Å². The molecular formula is C77H108N22O21S2. The Labute approximate surface area is 710 Å². The summed E-state index contributed by atoms with van der Waals surface area (Å²) >= 11 is 8.45. The van der Waals surface area contributed by atoms with Gasteiger partial charge in [0, 0.05) is 97.7 Å². The van der Waals surface area contributed by atoms with Gasteiger partial charge in [-0.05, 0) is 98.7 Å². The van der Waals surface area contributed by atoms with E-state index in [2.05, 4.69) is 110 Å². The average molecular weight is 1740 g/mol. The van der Waals surface area contributed by atoms with Gasteiger partial charge in [0.25, 0.3) is 0 Å². The number of primary amides is 4. The van der Waals surface area contributed by atoms with Crippen molar-refractivity contribution in [2.24, 2.45) is 34.6 Å². The van der Waals surface area contributed by atoms with E-state index in [1.54, 1.807) is 68.6 Å². The Hall–Kier alpha value is -13.1. The second-order valence-corrected chi connectivity index (χ2v) is 29.9. The number of phenolic OH excluding ortho intramolecular Hbond substituents is 1. The maximum Gasteiger partial charge on any atom is 0.303 e. The summed E-state index contributed by atoms with van der Waals surface area (Å²) in [6, 6.07) is -1.09. The van der Waals surface area contributed by atoms with Crippen LogP contribution in [-0.2, 0) is 106 Å². The molecule has 122 heavy (non-hydrogen) atoms. The molecule has 0 unspecified atom stereocenters. The standard InChI is InChI=1S/C77H108N22O21S2/c1-37(2)15-20-49(67(111)90-52(23-26-63(107)108)68(112)96-56(31-61(80)105)66(110)87-34-62(106)89-48(65(81)109)14-9-27-84-77(82)83)91-72(116)54(29-41-32-85-46-12-7-5-10-44(41)46)95-71(115)53(28-40-16-18-43(102)19-17-40)94-75(119)58(36-122)98-69(113)50(21-24-59(78)103)92-73(117)55(30-42-33-86-47-13-8-6-11-45(42)47)97-76(120)64(38(3)100)99-70(114)51(22-25-60(79)104)93-74(118)57(35-121)88-39(4)101/h5-8,10-13,16-19,32-33,37-38,48-58,64,85-86,100,102,121-122H,9,14-15,20-31,34-36H2,1-4H3,(H2,78,103)(H2,79,104)(H2,80,105)(H2,81,109)(H,87,110)(H,88,101)(H,89,106)(H,90,111)(H,91,116)(H,92,117)(H,93,118)(H,94,119)(H,95,115)(H,96,112)(H,97,120)(H,98,113)(H,99,114)(H,107,108)(H4,82,83,84)/t38-,48+,49+,50+,51+,52+,53+,54+,55+,56+,57+,58+,64+/m1/s1. The summed E-state index contributed by atoms with van der Waals surface area (Å²) in [5, 5.41) is 73.8. The summed E-state index contributed by atoms with van der Waals surface area (Å²) in [4.78, 5) is 251. The van der Waals surface area contributed by atoms with Gasteiger partial charge in [-0.15, -0.1) is 0 Å². The van der Waals surface area contributed by atoms with Crippen molar-refractivity contribution in [1.29, 1.82) is 5.41 Å². The first kappa shape index (κ1) is 99.5. The summed E-state index contributed by atoms with van der Waals surface area (Å²) in [5.41, 5.74) is 29.4. The molecule has 2 aromatic heterocycles. The predicted molar refractivity (Wildman–Crippen MR) is 447 cm³/mol. The van der Waals surface area contributed by atoms with Crippen molar-refractivity contribution in [3.8, 4) is 5.75 Å². The third-order valence-corrected chi connectivity index (χ3v) is 19.7. The number of aliphatic hydroxyl groups excluding tert-OH is 1. The number of carbonyl (C=O) groups is 18. The number of rotatable bonds is 53. The third kappa shape index (κ3) is 33.6. The zero-order valence-electron chi connectivity index (χ0n) is 67.4. The number of aliphatic carboxylic acids is 1. The van der Waals surface area contributed by atoms with Crippen molar-refractivity contribution < 1.29 is 102 Å². The molecule has 0 aliphatic rings. The molecule has 13 atom stereocenters. The lowest BCUT2D eigenvalue weighted by molar-refractivity contribution is -0.139. The topological polar surface area (TPSA) is 722 Å². The Kier molecular flexibility index (Phi) is 40.4. The molecule has 664 valence electrons. The summed E-state index contributed by atoms with van der Waals surface area (Å²) in [5.74, 6) is -20.8. The van der Waals surface area contributed by atoms with E-state index in [1.165, 1.54) is 30.5 Å². The molecule has 0 aliphatic heterocycles. The zero-order chi connectivity index (χ0) is 90.6. The molecular weight excluding hydrogens is 1630 g/mol. The molecule has 0 saturated carbocycles. The van der Waals surface area contributed by atoms with E-state index in [0.717, 1.165) is 13.8 Å². The number of nitrogens with two attached hydrogens (primary N) is 5. The summed E-state index contributed by atoms with van der Waals surface area (Å²) in [6.07, 6.45) is -4.01. The molecule has 3 aromatic carbocycles. The lowest BCUT2D eigenvalue weighted by Gasteiger charge is -2.29. The van der Waals surface area contributed by atoms with Crippen molar-refractivity contribution in [2.75, 3.05) is 24.6 Å². The number of benzene rings is 3. The summed E-state index contributed by atoms with van der Waals surface area (Å²) in [7, 11) is 0. The van der Waals surface area contributed by atoms with Gasteiger partial charge in [0.1, 0.15) is 78.3 Å². The number of aromatic hydroxyl groups is 1. The van der Waals surface area contributed by atoms with E-state index in [-0.39, 0.29) is 68.4 Å². The number of nitrogens with one attached hydrogen (secondary N) is 17. The fourth-order valence-electron chi connectivity index (χ4n) is 12.4. The predicted octanol–water partition coefficient (Wildman–Crippen LogP) is -5.97. The first-order valence-electron chi connectivity index (χ1n) is 38.8. The number of H-pyrrole nitrogens is 2. The van der Waals surface area contributed by atoms with Gasteiger partial charge in [0.2, 0.25) is 100 Å².